The molecule has 2 aromatic carbocycles. The summed E-state index contributed by atoms with van der Waals surface area (Å²) in [4.78, 5) is 11.5. The van der Waals surface area contributed by atoms with Gasteiger partial charge in [-0.3, -0.25) is 0 Å². The predicted molar refractivity (Wildman–Crippen MR) is 79.6 cm³/mol. The fraction of sp³-hybridized carbons (Fsp3) is 0.118. The number of para-hydroxylation sites is 1. The Morgan fingerprint density at radius 1 is 1.10 bits per heavy atom. The monoisotopic (exact) mass is 268 g/mol. The van der Waals surface area contributed by atoms with Crippen molar-refractivity contribution in [3.05, 3.63) is 65.7 Å². The first-order valence-electron chi connectivity index (χ1n) is 6.44. The van der Waals surface area contributed by atoms with E-state index in [2.05, 4.69) is 0 Å². The van der Waals surface area contributed by atoms with Gasteiger partial charge in [-0.05, 0) is 24.6 Å². The van der Waals surface area contributed by atoms with Crippen LogP contribution >= 0.6 is 0 Å². The molecule has 1 N–H and O–H groups in total. The minimum absolute atomic E-state index is 0.248. The highest BCUT2D eigenvalue weighted by molar-refractivity contribution is 6.20. The number of benzene rings is 2. The number of carbonyl (C=O) groups is 1. The van der Waals surface area contributed by atoms with E-state index in [1.807, 2.05) is 49.4 Å². The van der Waals surface area contributed by atoms with E-state index < -0.39 is 5.97 Å². The second-order valence-corrected chi connectivity index (χ2v) is 4.20. The van der Waals surface area contributed by atoms with Crippen molar-refractivity contribution in [2.75, 3.05) is 6.61 Å². The molecule has 3 heteroatoms. The van der Waals surface area contributed by atoms with Gasteiger partial charge in [-0.2, -0.15) is 0 Å². The first-order valence-corrected chi connectivity index (χ1v) is 6.44. The number of carboxylic acid groups (broad SMARTS) is 1. The highest BCUT2D eigenvalue weighted by Crippen LogP contribution is 2.25. The van der Waals surface area contributed by atoms with Crippen LogP contribution in [-0.2, 0) is 4.79 Å². The van der Waals surface area contributed by atoms with Crippen molar-refractivity contribution in [3.8, 4) is 5.75 Å². The molecule has 20 heavy (non-hydrogen) atoms. The summed E-state index contributed by atoms with van der Waals surface area (Å²) in [6.45, 7) is 2.44. The zero-order valence-electron chi connectivity index (χ0n) is 11.2. The zero-order chi connectivity index (χ0) is 14.4. The van der Waals surface area contributed by atoms with Crippen LogP contribution < -0.4 is 4.74 Å². The third-order valence-corrected chi connectivity index (χ3v) is 2.83. The predicted octanol–water partition coefficient (Wildman–Crippen LogP) is 3.71. The van der Waals surface area contributed by atoms with Crippen LogP contribution in [0.25, 0.3) is 11.6 Å². The van der Waals surface area contributed by atoms with Crippen LogP contribution in [0.5, 0.6) is 5.75 Å². The Balaban J connectivity index is 2.47. The largest absolute Gasteiger partial charge is 0.493 e. The highest BCUT2D eigenvalue weighted by Gasteiger charge is 2.11. The Bertz CT molecular complexity index is 615. The highest BCUT2D eigenvalue weighted by atomic mass is 16.5. The maximum Gasteiger partial charge on any atom is 0.336 e. The van der Waals surface area contributed by atoms with Gasteiger partial charge >= 0.3 is 5.97 Å². The average molecular weight is 268 g/mol. The van der Waals surface area contributed by atoms with Crippen LogP contribution in [0, 0.1) is 0 Å². The SMILES string of the molecule is CCOc1ccccc1/C=C(\C(=O)O)c1ccccc1. The maximum absolute atomic E-state index is 11.5. The van der Waals surface area contributed by atoms with Gasteiger partial charge in [0.2, 0.25) is 0 Å². The second kappa shape index (κ2) is 6.57. The van der Waals surface area contributed by atoms with Gasteiger partial charge in [-0.15, -0.1) is 0 Å². The number of carboxylic acids is 1. The van der Waals surface area contributed by atoms with E-state index in [9.17, 15) is 9.90 Å². The van der Waals surface area contributed by atoms with E-state index in [0.29, 0.717) is 17.9 Å². The molecule has 0 heterocycles. The molecule has 0 amide bonds. The van der Waals surface area contributed by atoms with Crippen molar-refractivity contribution in [1.82, 2.24) is 0 Å². The molecule has 0 radical (unpaired) electrons. The van der Waals surface area contributed by atoms with Crippen molar-refractivity contribution in [3.63, 3.8) is 0 Å². The third kappa shape index (κ3) is 3.26. The van der Waals surface area contributed by atoms with Crippen LogP contribution in [0.4, 0.5) is 0 Å². The Kier molecular flexibility index (Phi) is 4.56. The Morgan fingerprint density at radius 3 is 2.40 bits per heavy atom. The molecule has 0 fully saturated rings. The molecule has 0 aromatic heterocycles. The fourth-order valence-corrected chi connectivity index (χ4v) is 1.93. The van der Waals surface area contributed by atoms with Gasteiger partial charge in [0.25, 0.3) is 0 Å². The van der Waals surface area contributed by atoms with Crippen LogP contribution in [-0.4, -0.2) is 17.7 Å². The molecule has 0 unspecified atom stereocenters. The van der Waals surface area contributed by atoms with E-state index in [1.54, 1.807) is 18.2 Å². The smallest absolute Gasteiger partial charge is 0.336 e. The Labute approximate surface area is 118 Å². The molecule has 0 saturated carbocycles. The van der Waals surface area contributed by atoms with Crippen molar-refractivity contribution in [1.29, 1.82) is 0 Å². The molecule has 0 aliphatic rings. The average Bonchev–Trinajstić information content (AvgIpc) is 2.47. The lowest BCUT2D eigenvalue weighted by Crippen LogP contribution is -2.00. The summed E-state index contributed by atoms with van der Waals surface area (Å²) in [6.07, 6.45) is 1.64. The van der Waals surface area contributed by atoms with Crippen LogP contribution in [0.1, 0.15) is 18.1 Å². The van der Waals surface area contributed by atoms with E-state index in [0.717, 1.165) is 5.56 Å². The topological polar surface area (TPSA) is 46.5 Å². The minimum atomic E-state index is -0.956. The van der Waals surface area contributed by atoms with Crippen molar-refractivity contribution in [2.24, 2.45) is 0 Å². The standard InChI is InChI=1S/C17H16O3/c1-2-20-16-11-7-6-10-14(16)12-15(17(18)19)13-8-4-3-5-9-13/h3-12H,2H2,1H3,(H,18,19)/b15-12-. The number of hydrogen-bond donors (Lipinski definition) is 1. The van der Waals surface area contributed by atoms with E-state index in [4.69, 9.17) is 4.74 Å². The number of rotatable bonds is 5. The number of hydrogen-bond acceptors (Lipinski definition) is 2. The molecular weight excluding hydrogens is 252 g/mol. The van der Waals surface area contributed by atoms with Gasteiger partial charge in [0, 0.05) is 5.56 Å². The summed E-state index contributed by atoms with van der Waals surface area (Å²) in [6, 6.07) is 16.5. The molecule has 2 aromatic rings. The van der Waals surface area contributed by atoms with Gasteiger partial charge in [-0.25, -0.2) is 4.79 Å². The summed E-state index contributed by atoms with van der Waals surface area (Å²) in [5.41, 5.74) is 1.68. The van der Waals surface area contributed by atoms with Gasteiger partial charge in [0.15, 0.2) is 0 Å². The maximum atomic E-state index is 11.5. The molecule has 0 saturated heterocycles. The molecule has 0 spiro atoms. The molecule has 0 aliphatic heterocycles. The van der Waals surface area contributed by atoms with Gasteiger partial charge in [0.05, 0.1) is 12.2 Å². The zero-order valence-corrected chi connectivity index (χ0v) is 11.2. The van der Waals surface area contributed by atoms with Gasteiger partial charge in [-0.1, -0.05) is 48.5 Å². The van der Waals surface area contributed by atoms with E-state index in [1.165, 1.54) is 0 Å². The molecular formula is C17H16O3. The van der Waals surface area contributed by atoms with E-state index >= 15 is 0 Å². The lowest BCUT2D eigenvalue weighted by molar-refractivity contribution is -0.130. The summed E-state index contributed by atoms with van der Waals surface area (Å²) in [5.74, 6) is -0.271. The fourth-order valence-electron chi connectivity index (χ4n) is 1.93. The van der Waals surface area contributed by atoms with Crippen LogP contribution in [0.15, 0.2) is 54.6 Å². The number of ether oxygens (including phenoxy) is 1. The summed E-state index contributed by atoms with van der Waals surface area (Å²) >= 11 is 0. The normalized spacial score (nSPS) is 11.2. The van der Waals surface area contributed by atoms with Gasteiger partial charge < -0.3 is 9.84 Å². The lowest BCUT2D eigenvalue weighted by atomic mass is 10.0. The third-order valence-electron chi connectivity index (χ3n) is 2.83. The Hall–Kier alpha value is -2.55. The van der Waals surface area contributed by atoms with Crippen molar-refractivity contribution in [2.45, 2.75) is 6.92 Å². The van der Waals surface area contributed by atoms with Crippen LogP contribution in [0.2, 0.25) is 0 Å². The first kappa shape index (κ1) is 13.9. The summed E-state index contributed by atoms with van der Waals surface area (Å²) in [7, 11) is 0. The molecule has 0 bridgehead atoms. The molecule has 2 rings (SSSR count). The Morgan fingerprint density at radius 2 is 1.75 bits per heavy atom. The van der Waals surface area contributed by atoms with Crippen LogP contribution in [0.3, 0.4) is 0 Å². The minimum Gasteiger partial charge on any atom is -0.493 e. The first-order chi connectivity index (χ1) is 9.72. The quantitative estimate of drug-likeness (QED) is 0.664. The summed E-state index contributed by atoms with van der Waals surface area (Å²) in [5, 5.41) is 9.40. The second-order valence-electron chi connectivity index (χ2n) is 4.20. The van der Waals surface area contributed by atoms with Crippen molar-refractivity contribution < 1.29 is 14.6 Å². The van der Waals surface area contributed by atoms with E-state index in [-0.39, 0.29) is 5.57 Å². The molecule has 102 valence electrons. The summed E-state index contributed by atoms with van der Waals surface area (Å²) < 4.78 is 5.52. The molecule has 0 atom stereocenters. The number of aliphatic carboxylic acids is 1. The molecule has 3 nitrogen and oxygen atoms in total. The molecule has 0 aliphatic carbocycles. The van der Waals surface area contributed by atoms with Gasteiger partial charge in [0.1, 0.15) is 5.75 Å². The van der Waals surface area contributed by atoms with Crippen molar-refractivity contribution >= 4 is 17.6 Å². The lowest BCUT2D eigenvalue weighted by Gasteiger charge is -2.08.